The molecule has 1 aromatic rings. The fourth-order valence-electron chi connectivity index (χ4n) is 2.47. The Hall–Kier alpha value is -1.69. The molecule has 1 aromatic heterocycles. The largest absolute Gasteiger partial charge is 0.393 e. The lowest BCUT2D eigenvalue weighted by atomic mass is 9.92. The molecule has 2 heterocycles. The van der Waals surface area contributed by atoms with Crippen LogP contribution >= 0.6 is 0 Å². The predicted molar refractivity (Wildman–Crippen MR) is 76.5 cm³/mol. The first-order chi connectivity index (χ1) is 9.61. The second-order valence-corrected chi connectivity index (χ2v) is 5.20. The van der Waals surface area contributed by atoms with Crippen LogP contribution in [0.15, 0.2) is 12.1 Å². The lowest BCUT2D eigenvalue weighted by Gasteiger charge is -2.33. The number of likely N-dealkylation sites (tertiary alicyclic amines) is 1. The summed E-state index contributed by atoms with van der Waals surface area (Å²) in [6.45, 7) is 5.91. The first-order valence-electron chi connectivity index (χ1n) is 7.16. The van der Waals surface area contributed by atoms with Crippen LogP contribution in [0, 0.1) is 5.92 Å². The number of aromatic nitrogens is 2. The van der Waals surface area contributed by atoms with Crippen LogP contribution in [-0.4, -0.2) is 51.8 Å². The zero-order chi connectivity index (χ0) is 14.5. The monoisotopic (exact) mass is 278 g/mol. The molecule has 0 aromatic carbocycles. The Morgan fingerprint density at radius 2 is 2.15 bits per heavy atom. The fourth-order valence-corrected chi connectivity index (χ4v) is 2.47. The zero-order valence-corrected chi connectivity index (χ0v) is 12.0. The molecule has 0 saturated carbocycles. The van der Waals surface area contributed by atoms with Gasteiger partial charge in [-0.1, -0.05) is 0 Å². The first-order valence-corrected chi connectivity index (χ1v) is 7.16. The number of rotatable bonds is 4. The number of nitrogens with zero attached hydrogens (tertiary/aromatic N) is 3. The van der Waals surface area contributed by atoms with Gasteiger partial charge in [0.25, 0.3) is 5.91 Å². The van der Waals surface area contributed by atoms with Crippen molar-refractivity contribution in [2.75, 3.05) is 25.0 Å². The smallest absolute Gasteiger partial charge is 0.274 e. The SMILES string of the molecule is CCNc1ccc(C(=O)N2CCC(C(C)O)CC2)nn1. The highest BCUT2D eigenvalue weighted by Gasteiger charge is 2.26. The van der Waals surface area contributed by atoms with E-state index in [0.717, 1.165) is 19.4 Å². The van der Waals surface area contributed by atoms with E-state index in [1.807, 2.05) is 13.8 Å². The van der Waals surface area contributed by atoms with Gasteiger partial charge in [0.15, 0.2) is 5.69 Å². The Balaban J connectivity index is 1.94. The highest BCUT2D eigenvalue weighted by atomic mass is 16.3. The normalized spacial score (nSPS) is 17.9. The number of aliphatic hydroxyl groups excluding tert-OH is 1. The van der Waals surface area contributed by atoms with Gasteiger partial charge < -0.3 is 15.3 Å². The molecule has 1 fully saturated rings. The highest BCUT2D eigenvalue weighted by molar-refractivity contribution is 5.92. The molecule has 0 bridgehead atoms. The summed E-state index contributed by atoms with van der Waals surface area (Å²) in [5.41, 5.74) is 0.377. The summed E-state index contributed by atoms with van der Waals surface area (Å²) in [6, 6.07) is 3.47. The lowest BCUT2D eigenvalue weighted by Crippen LogP contribution is -2.41. The molecule has 0 spiro atoms. The quantitative estimate of drug-likeness (QED) is 0.863. The maximum atomic E-state index is 12.3. The molecule has 1 saturated heterocycles. The number of amides is 1. The maximum Gasteiger partial charge on any atom is 0.274 e. The van der Waals surface area contributed by atoms with E-state index in [1.165, 1.54) is 0 Å². The molecule has 2 N–H and O–H groups in total. The van der Waals surface area contributed by atoms with Crippen LogP contribution in [0.1, 0.15) is 37.2 Å². The number of carbonyl (C=O) groups excluding carboxylic acids is 1. The number of piperidine rings is 1. The molecule has 1 amide bonds. The molecule has 0 aliphatic carbocycles. The number of anilines is 1. The molecule has 1 aliphatic heterocycles. The average molecular weight is 278 g/mol. The molecule has 1 unspecified atom stereocenters. The number of nitrogens with one attached hydrogen (secondary N) is 1. The minimum absolute atomic E-state index is 0.0791. The molecule has 1 atom stereocenters. The van der Waals surface area contributed by atoms with E-state index < -0.39 is 0 Å². The molecule has 20 heavy (non-hydrogen) atoms. The van der Waals surface area contributed by atoms with Gasteiger partial charge in [-0.15, -0.1) is 10.2 Å². The topological polar surface area (TPSA) is 78.4 Å². The van der Waals surface area contributed by atoms with Crippen LogP contribution < -0.4 is 5.32 Å². The van der Waals surface area contributed by atoms with E-state index in [9.17, 15) is 9.90 Å². The Morgan fingerprint density at radius 1 is 1.45 bits per heavy atom. The number of hydrogen-bond acceptors (Lipinski definition) is 5. The summed E-state index contributed by atoms with van der Waals surface area (Å²) in [7, 11) is 0. The molecular formula is C14H22N4O2. The number of hydrogen-bond donors (Lipinski definition) is 2. The van der Waals surface area contributed by atoms with E-state index in [1.54, 1.807) is 17.0 Å². The Bertz CT molecular complexity index is 439. The van der Waals surface area contributed by atoms with Crippen molar-refractivity contribution in [2.45, 2.75) is 32.8 Å². The third-order valence-corrected chi connectivity index (χ3v) is 3.75. The van der Waals surface area contributed by atoms with Crippen molar-refractivity contribution < 1.29 is 9.90 Å². The highest BCUT2D eigenvalue weighted by Crippen LogP contribution is 2.21. The van der Waals surface area contributed by atoms with Gasteiger partial charge in [0.1, 0.15) is 5.82 Å². The van der Waals surface area contributed by atoms with E-state index in [-0.39, 0.29) is 12.0 Å². The Kier molecular flexibility index (Phi) is 4.89. The second-order valence-electron chi connectivity index (χ2n) is 5.20. The second kappa shape index (κ2) is 6.65. The third-order valence-electron chi connectivity index (χ3n) is 3.75. The summed E-state index contributed by atoms with van der Waals surface area (Å²) >= 11 is 0. The van der Waals surface area contributed by atoms with E-state index in [4.69, 9.17) is 0 Å². The average Bonchev–Trinajstić information content (AvgIpc) is 2.48. The van der Waals surface area contributed by atoms with Crippen LogP contribution in [0.5, 0.6) is 0 Å². The van der Waals surface area contributed by atoms with Gasteiger partial charge in [0.05, 0.1) is 6.10 Å². The van der Waals surface area contributed by atoms with E-state index in [0.29, 0.717) is 30.5 Å². The molecule has 6 heteroatoms. The van der Waals surface area contributed by atoms with Gasteiger partial charge in [-0.2, -0.15) is 0 Å². The predicted octanol–water partition coefficient (Wildman–Crippen LogP) is 1.14. The molecule has 110 valence electrons. The Labute approximate surface area is 119 Å². The maximum absolute atomic E-state index is 12.3. The van der Waals surface area contributed by atoms with Gasteiger partial charge in [0, 0.05) is 19.6 Å². The minimum atomic E-state index is -0.300. The van der Waals surface area contributed by atoms with Gasteiger partial charge in [0.2, 0.25) is 0 Å². The van der Waals surface area contributed by atoms with Crippen LogP contribution in [-0.2, 0) is 0 Å². The lowest BCUT2D eigenvalue weighted by molar-refractivity contribution is 0.0516. The summed E-state index contributed by atoms with van der Waals surface area (Å²) in [5.74, 6) is 0.891. The van der Waals surface area contributed by atoms with Crippen molar-refractivity contribution in [1.29, 1.82) is 0 Å². The van der Waals surface area contributed by atoms with Crippen LogP contribution in [0.4, 0.5) is 5.82 Å². The molecule has 0 radical (unpaired) electrons. The number of aliphatic hydroxyl groups is 1. The van der Waals surface area contributed by atoms with E-state index in [2.05, 4.69) is 15.5 Å². The minimum Gasteiger partial charge on any atom is -0.393 e. The van der Waals surface area contributed by atoms with Crippen LogP contribution in [0.2, 0.25) is 0 Å². The van der Waals surface area contributed by atoms with Gasteiger partial charge in [-0.05, 0) is 44.7 Å². The van der Waals surface area contributed by atoms with Gasteiger partial charge in [-0.3, -0.25) is 4.79 Å². The molecule has 1 aliphatic rings. The molecule has 2 rings (SSSR count). The summed E-state index contributed by atoms with van der Waals surface area (Å²) in [4.78, 5) is 14.1. The van der Waals surface area contributed by atoms with Crippen molar-refractivity contribution in [3.63, 3.8) is 0 Å². The zero-order valence-electron chi connectivity index (χ0n) is 12.0. The summed E-state index contributed by atoms with van der Waals surface area (Å²) < 4.78 is 0. The van der Waals surface area contributed by atoms with Crippen molar-refractivity contribution in [3.05, 3.63) is 17.8 Å². The molecular weight excluding hydrogens is 256 g/mol. The van der Waals surface area contributed by atoms with E-state index >= 15 is 0 Å². The molecule has 6 nitrogen and oxygen atoms in total. The van der Waals surface area contributed by atoms with Gasteiger partial charge >= 0.3 is 0 Å². The van der Waals surface area contributed by atoms with Crippen LogP contribution in [0.25, 0.3) is 0 Å². The third kappa shape index (κ3) is 3.45. The first kappa shape index (κ1) is 14.7. The fraction of sp³-hybridized carbons (Fsp3) is 0.643. The summed E-state index contributed by atoms with van der Waals surface area (Å²) in [5, 5.41) is 20.6. The Morgan fingerprint density at radius 3 is 2.65 bits per heavy atom. The van der Waals surface area contributed by atoms with Crippen molar-refractivity contribution >= 4 is 11.7 Å². The van der Waals surface area contributed by atoms with Crippen molar-refractivity contribution in [1.82, 2.24) is 15.1 Å². The summed E-state index contributed by atoms with van der Waals surface area (Å²) in [6.07, 6.45) is 1.38. The van der Waals surface area contributed by atoms with Crippen molar-refractivity contribution in [3.8, 4) is 0 Å². The number of carbonyl (C=O) groups is 1. The van der Waals surface area contributed by atoms with Crippen molar-refractivity contribution in [2.24, 2.45) is 5.92 Å². The van der Waals surface area contributed by atoms with Gasteiger partial charge in [-0.25, -0.2) is 0 Å². The van der Waals surface area contributed by atoms with Crippen LogP contribution in [0.3, 0.4) is 0 Å². The standard InChI is InChI=1S/C14H22N4O2/c1-3-15-13-5-4-12(16-17-13)14(20)18-8-6-11(7-9-18)10(2)19/h4-5,10-11,19H,3,6-9H2,1-2H3,(H,15,17).